The van der Waals surface area contributed by atoms with Crippen molar-refractivity contribution in [2.24, 2.45) is 0 Å². The van der Waals surface area contributed by atoms with Crippen LogP contribution in [0.2, 0.25) is 0 Å². The Hall–Kier alpha value is -0.390. The predicted molar refractivity (Wildman–Crippen MR) is 60.2 cm³/mol. The Morgan fingerprint density at radius 3 is 2.79 bits per heavy atom. The Bertz CT molecular complexity index is 330. The van der Waals surface area contributed by atoms with Crippen LogP contribution in [0.1, 0.15) is 18.7 Å². The third kappa shape index (κ3) is 3.08. The number of hydrogen-bond acceptors (Lipinski definition) is 3. The molecule has 78 valence electrons. The summed E-state index contributed by atoms with van der Waals surface area (Å²) in [6, 6.07) is 1.93. The minimum Gasteiger partial charge on any atom is -0.381 e. The zero-order valence-electron chi connectivity index (χ0n) is 8.00. The molecule has 0 saturated carbocycles. The van der Waals surface area contributed by atoms with E-state index in [2.05, 4.69) is 21.2 Å². The molecule has 1 aromatic rings. The summed E-state index contributed by atoms with van der Waals surface area (Å²) < 4.78 is 0.985. The van der Waals surface area contributed by atoms with Crippen molar-refractivity contribution in [2.75, 3.05) is 0 Å². The molecule has 0 spiro atoms. The largest absolute Gasteiger partial charge is 0.381 e. The molecule has 0 aliphatic rings. The van der Waals surface area contributed by atoms with Crippen molar-refractivity contribution in [3.63, 3.8) is 0 Å². The minimum absolute atomic E-state index is 0.363. The molecule has 0 fully saturated rings. The van der Waals surface area contributed by atoms with E-state index >= 15 is 0 Å². The van der Waals surface area contributed by atoms with Crippen molar-refractivity contribution in [3.8, 4) is 0 Å². The van der Waals surface area contributed by atoms with E-state index in [9.17, 15) is 9.90 Å². The van der Waals surface area contributed by atoms with Gasteiger partial charge in [0.15, 0.2) is 0 Å². The Morgan fingerprint density at radius 2 is 2.36 bits per heavy atom. The standard InChI is InChI=1S/C9H12BrNO2S/c1-9(2,13)8(12)11-5-7-6(10)3-4-14-7/h3-4,13H,5H2,1-2H3,(H,11,12). The van der Waals surface area contributed by atoms with Gasteiger partial charge in [-0.15, -0.1) is 11.3 Å². The van der Waals surface area contributed by atoms with Crippen LogP contribution in [0.25, 0.3) is 0 Å². The van der Waals surface area contributed by atoms with Gasteiger partial charge in [0.2, 0.25) is 0 Å². The van der Waals surface area contributed by atoms with Gasteiger partial charge in [0.1, 0.15) is 5.60 Å². The molecule has 1 amide bonds. The van der Waals surface area contributed by atoms with Crippen molar-refractivity contribution in [1.82, 2.24) is 5.32 Å². The summed E-state index contributed by atoms with van der Waals surface area (Å²) >= 11 is 4.92. The van der Waals surface area contributed by atoms with E-state index < -0.39 is 5.60 Å². The lowest BCUT2D eigenvalue weighted by Gasteiger charge is -2.16. The zero-order chi connectivity index (χ0) is 10.8. The summed E-state index contributed by atoms with van der Waals surface area (Å²) in [6.07, 6.45) is 0. The second-order valence-electron chi connectivity index (χ2n) is 3.43. The summed E-state index contributed by atoms with van der Waals surface area (Å²) in [5.41, 5.74) is -1.32. The number of aliphatic hydroxyl groups is 1. The first-order valence-electron chi connectivity index (χ1n) is 4.14. The van der Waals surface area contributed by atoms with Crippen LogP contribution in [0.15, 0.2) is 15.9 Å². The van der Waals surface area contributed by atoms with Crippen molar-refractivity contribution in [3.05, 3.63) is 20.8 Å². The van der Waals surface area contributed by atoms with Gasteiger partial charge in [-0.25, -0.2) is 0 Å². The number of amides is 1. The lowest BCUT2D eigenvalue weighted by molar-refractivity contribution is -0.136. The van der Waals surface area contributed by atoms with Crippen molar-refractivity contribution in [1.29, 1.82) is 0 Å². The molecule has 5 heteroatoms. The quantitative estimate of drug-likeness (QED) is 0.887. The van der Waals surface area contributed by atoms with Gasteiger partial charge in [0.05, 0.1) is 6.54 Å². The second kappa shape index (κ2) is 4.42. The Balaban J connectivity index is 2.50. The van der Waals surface area contributed by atoms with Crippen LogP contribution in [-0.2, 0) is 11.3 Å². The van der Waals surface area contributed by atoms with Crippen molar-refractivity contribution >= 4 is 33.2 Å². The van der Waals surface area contributed by atoms with Gasteiger partial charge in [-0.2, -0.15) is 0 Å². The number of rotatable bonds is 3. The summed E-state index contributed by atoms with van der Waals surface area (Å²) in [7, 11) is 0. The maximum atomic E-state index is 11.3. The predicted octanol–water partition coefficient (Wildman–Crippen LogP) is 1.90. The molecule has 2 N–H and O–H groups in total. The van der Waals surface area contributed by atoms with Crippen LogP contribution in [-0.4, -0.2) is 16.6 Å². The van der Waals surface area contributed by atoms with Gasteiger partial charge < -0.3 is 10.4 Å². The first-order chi connectivity index (χ1) is 6.41. The highest BCUT2D eigenvalue weighted by atomic mass is 79.9. The molecule has 0 aliphatic heterocycles. The normalized spacial score (nSPS) is 11.4. The first-order valence-corrected chi connectivity index (χ1v) is 5.81. The van der Waals surface area contributed by atoms with Gasteiger partial charge in [0, 0.05) is 9.35 Å². The summed E-state index contributed by atoms with van der Waals surface area (Å²) in [6.45, 7) is 3.37. The lowest BCUT2D eigenvalue weighted by atomic mass is 10.1. The van der Waals surface area contributed by atoms with Crippen LogP contribution in [0.3, 0.4) is 0 Å². The Kier molecular flexibility index (Phi) is 3.69. The Morgan fingerprint density at radius 1 is 1.71 bits per heavy atom. The summed E-state index contributed by atoms with van der Waals surface area (Å²) in [4.78, 5) is 12.3. The molecule has 0 unspecified atom stereocenters. The van der Waals surface area contributed by atoms with E-state index in [1.165, 1.54) is 13.8 Å². The van der Waals surface area contributed by atoms with E-state index in [-0.39, 0.29) is 5.91 Å². The number of carbonyl (C=O) groups excluding carboxylic acids is 1. The number of halogens is 1. The fourth-order valence-electron chi connectivity index (χ4n) is 0.828. The van der Waals surface area contributed by atoms with Gasteiger partial charge in [-0.3, -0.25) is 4.79 Å². The molecule has 1 rings (SSSR count). The smallest absolute Gasteiger partial charge is 0.251 e. The van der Waals surface area contributed by atoms with Gasteiger partial charge in [-0.1, -0.05) is 0 Å². The van der Waals surface area contributed by atoms with Crippen LogP contribution in [0, 0.1) is 0 Å². The fourth-order valence-corrected chi connectivity index (χ4v) is 2.26. The van der Waals surface area contributed by atoms with Crippen LogP contribution in [0.4, 0.5) is 0 Å². The molecule has 3 nitrogen and oxygen atoms in total. The third-order valence-corrected chi connectivity index (χ3v) is 3.58. The average Bonchev–Trinajstić information content (AvgIpc) is 2.45. The molecule has 0 bridgehead atoms. The maximum absolute atomic E-state index is 11.3. The van der Waals surface area contributed by atoms with E-state index in [0.717, 1.165) is 9.35 Å². The maximum Gasteiger partial charge on any atom is 0.251 e. The van der Waals surface area contributed by atoms with Gasteiger partial charge >= 0.3 is 0 Å². The minimum atomic E-state index is -1.32. The summed E-state index contributed by atoms with van der Waals surface area (Å²) in [5, 5.41) is 14.0. The SMILES string of the molecule is CC(C)(O)C(=O)NCc1sccc1Br. The highest BCUT2D eigenvalue weighted by Crippen LogP contribution is 2.22. The number of thiophene rings is 1. The monoisotopic (exact) mass is 277 g/mol. The highest BCUT2D eigenvalue weighted by Gasteiger charge is 2.23. The molecule has 0 aliphatic carbocycles. The van der Waals surface area contributed by atoms with Crippen LogP contribution >= 0.6 is 27.3 Å². The molecular weight excluding hydrogens is 266 g/mol. The van der Waals surface area contributed by atoms with E-state index in [0.29, 0.717) is 6.54 Å². The van der Waals surface area contributed by atoms with Gasteiger partial charge in [-0.05, 0) is 41.2 Å². The summed E-state index contributed by atoms with van der Waals surface area (Å²) in [5.74, 6) is -0.363. The second-order valence-corrected chi connectivity index (χ2v) is 5.29. The highest BCUT2D eigenvalue weighted by molar-refractivity contribution is 9.10. The third-order valence-electron chi connectivity index (χ3n) is 1.66. The number of hydrogen-bond donors (Lipinski definition) is 2. The Labute approximate surface area is 95.3 Å². The lowest BCUT2D eigenvalue weighted by Crippen LogP contribution is -2.41. The molecule has 14 heavy (non-hydrogen) atoms. The number of nitrogens with one attached hydrogen (secondary N) is 1. The first kappa shape index (κ1) is 11.7. The molecule has 0 radical (unpaired) electrons. The molecule has 1 heterocycles. The van der Waals surface area contributed by atoms with E-state index in [4.69, 9.17) is 0 Å². The average molecular weight is 278 g/mol. The van der Waals surface area contributed by atoms with Crippen molar-refractivity contribution in [2.45, 2.75) is 26.0 Å². The van der Waals surface area contributed by atoms with Gasteiger partial charge in [0.25, 0.3) is 5.91 Å². The van der Waals surface area contributed by atoms with Crippen LogP contribution in [0.5, 0.6) is 0 Å². The number of carbonyl (C=O) groups is 1. The van der Waals surface area contributed by atoms with Crippen molar-refractivity contribution < 1.29 is 9.90 Å². The van der Waals surface area contributed by atoms with Crippen LogP contribution < -0.4 is 5.32 Å². The fraction of sp³-hybridized carbons (Fsp3) is 0.444. The molecule has 1 aromatic heterocycles. The zero-order valence-corrected chi connectivity index (χ0v) is 10.4. The molecular formula is C9H12BrNO2S. The molecule has 0 saturated heterocycles. The molecule has 0 atom stereocenters. The molecule has 0 aromatic carbocycles. The van der Waals surface area contributed by atoms with E-state index in [1.54, 1.807) is 11.3 Å². The van der Waals surface area contributed by atoms with E-state index in [1.807, 2.05) is 11.4 Å². The topological polar surface area (TPSA) is 49.3 Å².